The maximum absolute atomic E-state index is 11.6. The topological polar surface area (TPSA) is 56.1 Å². The first-order valence-corrected chi connectivity index (χ1v) is 5.74. The first-order valence-electron chi connectivity index (χ1n) is 5.74. The van der Waals surface area contributed by atoms with Gasteiger partial charge in [0.1, 0.15) is 0 Å². The molecule has 4 nitrogen and oxygen atoms in total. The van der Waals surface area contributed by atoms with Crippen molar-refractivity contribution in [2.45, 2.75) is 38.5 Å². The molecule has 1 N–H and O–H groups in total. The van der Waals surface area contributed by atoms with Crippen molar-refractivity contribution < 1.29 is 4.79 Å². The van der Waals surface area contributed by atoms with Crippen molar-refractivity contribution >= 4 is 6.03 Å². The second-order valence-electron chi connectivity index (χ2n) is 3.89. The first-order chi connectivity index (χ1) is 7.34. The van der Waals surface area contributed by atoms with E-state index in [4.69, 9.17) is 5.26 Å². The molecule has 1 heterocycles. The average molecular weight is 209 g/mol. The van der Waals surface area contributed by atoms with E-state index in [0.29, 0.717) is 13.0 Å². The minimum atomic E-state index is 0.0369. The molecule has 1 saturated heterocycles. The molecule has 0 aromatic rings. The van der Waals surface area contributed by atoms with Crippen molar-refractivity contribution in [3.8, 4) is 6.07 Å². The number of nitriles is 1. The van der Waals surface area contributed by atoms with Gasteiger partial charge in [-0.3, -0.25) is 0 Å². The summed E-state index contributed by atoms with van der Waals surface area (Å²) in [5.41, 5.74) is 0. The van der Waals surface area contributed by atoms with Crippen LogP contribution in [-0.4, -0.2) is 30.6 Å². The van der Waals surface area contributed by atoms with Crippen LogP contribution in [-0.2, 0) is 0 Å². The van der Waals surface area contributed by atoms with E-state index in [9.17, 15) is 4.79 Å². The highest BCUT2D eigenvalue weighted by molar-refractivity contribution is 5.74. The third-order valence-electron chi connectivity index (χ3n) is 2.63. The summed E-state index contributed by atoms with van der Waals surface area (Å²) >= 11 is 0. The monoisotopic (exact) mass is 209 g/mol. The number of carbonyl (C=O) groups excluding carboxylic acids is 1. The lowest BCUT2D eigenvalue weighted by atomic mass is 10.2. The largest absolute Gasteiger partial charge is 0.338 e. The number of carbonyl (C=O) groups is 1. The number of nitrogens with one attached hydrogen (secondary N) is 1. The zero-order valence-corrected chi connectivity index (χ0v) is 9.17. The third kappa shape index (κ3) is 4.68. The molecule has 0 saturated carbocycles. The van der Waals surface area contributed by atoms with Gasteiger partial charge < -0.3 is 10.2 Å². The van der Waals surface area contributed by atoms with Crippen molar-refractivity contribution in [1.29, 1.82) is 5.26 Å². The number of hydrogen-bond acceptors (Lipinski definition) is 2. The lowest BCUT2D eigenvalue weighted by Crippen LogP contribution is -2.40. The number of likely N-dealkylation sites (tertiary alicyclic amines) is 1. The van der Waals surface area contributed by atoms with E-state index < -0.39 is 0 Å². The van der Waals surface area contributed by atoms with Gasteiger partial charge in [0.05, 0.1) is 6.07 Å². The first kappa shape index (κ1) is 11.8. The van der Waals surface area contributed by atoms with Gasteiger partial charge in [-0.2, -0.15) is 5.26 Å². The van der Waals surface area contributed by atoms with Crippen LogP contribution >= 0.6 is 0 Å². The zero-order chi connectivity index (χ0) is 10.9. The van der Waals surface area contributed by atoms with Crippen LogP contribution in [0.15, 0.2) is 0 Å². The van der Waals surface area contributed by atoms with Gasteiger partial charge in [0, 0.05) is 26.1 Å². The second-order valence-corrected chi connectivity index (χ2v) is 3.89. The molecule has 4 heteroatoms. The SMILES string of the molecule is N#CCCCNC(=O)N1CCCCCC1. The second kappa shape index (κ2) is 7.10. The molecule has 0 aromatic heterocycles. The molecule has 84 valence electrons. The number of unbranched alkanes of at least 4 members (excludes halogenated alkanes) is 1. The van der Waals surface area contributed by atoms with Gasteiger partial charge in [-0.25, -0.2) is 4.79 Å². The van der Waals surface area contributed by atoms with Crippen LogP contribution < -0.4 is 5.32 Å². The fourth-order valence-electron chi connectivity index (χ4n) is 1.75. The van der Waals surface area contributed by atoms with Crippen molar-refractivity contribution in [3.05, 3.63) is 0 Å². The molecular weight excluding hydrogens is 190 g/mol. The maximum Gasteiger partial charge on any atom is 0.317 e. The minimum absolute atomic E-state index is 0.0369. The molecule has 1 aliphatic heterocycles. The molecule has 0 atom stereocenters. The van der Waals surface area contributed by atoms with Gasteiger partial charge >= 0.3 is 6.03 Å². The standard InChI is InChI=1S/C11H19N3O/c12-7-3-4-8-13-11(15)14-9-5-1-2-6-10-14/h1-6,8-10H2,(H,13,15). The van der Waals surface area contributed by atoms with E-state index >= 15 is 0 Å². The summed E-state index contributed by atoms with van der Waals surface area (Å²) in [5.74, 6) is 0. The highest BCUT2D eigenvalue weighted by atomic mass is 16.2. The van der Waals surface area contributed by atoms with Gasteiger partial charge in [0.25, 0.3) is 0 Å². The van der Waals surface area contributed by atoms with E-state index in [0.717, 1.165) is 32.4 Å². The van der Waals surface area contributed by atoms with Crippen LogP contribution in [0.2, 0.25) is 0 Å². The Kier molecular flexibility index (Phi) is 5.60. The molecule has 1 aliphatic rings. The lowest BCUT2D eigenvalue weighted by molar-refractivity contribution is 0.200. The third-order valence-corrected chi connectivity index (χ3v) is 2.63. The molecule has 0 aliphatic carbocycles. The van der Waals surface area contributed by atoms with E-state index in [1.54, 1.807) is 0 Å². The molecule has 2 amide bonds. The van der Waals surface area contributed by atoms with Crippen LogP contribution in [0.4, 0.5) is 4.79 Å². The fraction of sp³-hybridized carbons (Fsp3) is 0.818. The molecule has 1 rings (SSSR count). The van der Waals surface area contributed by atoms with Crippen molar-refractivity contribution in [3.63, 3.8) is 0 Å². The average Bonchev–Trinajstić information content (AvgIpc) is 2.52. The number of urea groups is 1. The predicted octanol–water partition coefficient (Wildman–Crippen LogP) is 1.88. The summed E-state index contributed by atoms with van der Waals surface area (Å²) < 4.78 is 0. The van der Waals surface area contributed by atoms with Gasteiger partial charge in [0.2, 0.25) is 0 Å². The molecule has 0 aromatic carbocycles. The Hall–Kier alpha value is -1.24. The molecule has 1 fully saturated rings. The Morgan fingerprint density at radius 1 is 1.27 bits per heavy atom. The normalized spacial score (nSPS) is 16.6. The summed E-state index contributed by atoms with van der Waals surface area (Å²) in [6, 6.07) is 2.10. The number of nitrogens with zero attached hydrogens (tertiary/aromatic N) is 2. The summed E-state index contributed by atoms with van der Waals surface area (Å²) in [5, 5.41) is 11.2. The van der Waals surface area contributed by atoms with Crippen molar-refractivity contribution in [2.24, 2.45) is 0 Å². The summed E-state index contributed by atoms with van der Waals surface area (Å²) in [4.78, 5) is 13.5. The van der Waals surface area contributed by atoms with E-state index in [1.807, 2.05) is 4.90 Å². The molecule has 0 spiro atoms. The van der Waals surface area contributed by atoms with Crippen LogP contribution in [0.25, 0.3) is 0 Å². The highest BCUT2D eigenvalue weighted by Crippen LogP contribution is 2.09. The van der Waals surface area contributed by atoms with E-state index in [2.05, 4.69) is 11.4 Å². The number of rotatable bonds is 3. The summed E-state index contributed by atoms with van der Waals surface area (Å²) in [6.45, 7) is 2.37. The Balaban J connectivity index is 2.17. The number of hydrogen-bond donors (Lipinski definition) is 1. The van der Waals surface area contributed by atoms with E-state index in [1.165, 1.54) is 12.8 Å². The van der Waals surface area contributed by atoms with Crippen molar-refractivity contribution in [1.82, 2.24) is 10.2 Å². The fourth-order valence-corrected chi connectivity index (χ4v) is 1.75. The smallest absolute Gasteiger partial charge is 0.317 e. The van der Waals surface area contributed by atoms with Crippen LogP contribution in [0.3, 0.4) is 0 Å². The summed E-state index contributed by atoms with van der Waals surface area (Å²) in [7, 11) is 0. The van der Waals surface area contributed by atoms with Crippen LogP contribution in [0, 0.1) is 11.3 Å². The van der Waals surface area contributed by atoms with Gasteiger partial charge in [-0.1, -0.05) is 12.8 Å². The minimum Gasteiger partial charge on any atom is -0.338 e. The molecule has 15 heavy (non-hydrogen) atoms. The van der Waals surface area contributed by atoms with Gasteiger partial charge in [0.15, 0.2) is 0 Å². The zero-order valence-electron chi connectivity index (χ0n) is 9.17. The molecule has 0 radical (unpaired) electrons. The maximum atomic E-state index is 11.6. The Morgan fingerprint density at radius 3 is 2.53 bits per heavy atom. The van der Waals surface area contributed by atoms with Gasteiger partial charge in [-0.15, -0.1) is 0 Å². The summed E-state index contributed by atoms with van der Waals surface area (Å²) in [6.07, 6.45) is 5.96. The van der Waals surface area contributed by atoms with Crippen LogP contribution in [0.5, 0.6) is 0 Å². The van der Waals surface area contributed by atoms with E-state index in [-0.39, 0.29) is 6.03 Å². The van der Waals surface area contributed by atoms with Crippen LogP contribution in [0.1, 0.15) is 38.5 Å². The number of amides is 2. The Labute approximate surface area is 91.2 Å². The Morgan fingerprint density at radius 2 is 1.93 bits per heavy atom. The molecular formula is C11H19N3O. The highest BCUT2D eigenvalue weighted by Gasteiger charge is 2.14. The van der Waals surface area contributed by atoms with Crippen molar-refractivity contribution in [2.75, 3.05) is 19.6 Å². The molecule has 0 bridgehead atoms. The molecule has 0 unspecified atom stereocenters. The Bertz CT molecular complexity index is 226. The predicted molar refractivity (Wildman–Crippen MR) is 58.3 cm³/mol. The lowest BCUT2D eigenvalue weighted by Gasteiger charge is -2.20. The quantitative estimate of drug-likeness (QED) is 0.721. The van der Waals surface area contributed by atoms with Gasteiger partial charge in [-0.05, 0) is 19.3 Å².